The van der Waals surface area contributed by atoms with Gasteiger partial charge in [-0.05, 0) is 53.4 Å². The van der Waals surface area contributed by atoms with Crippen LogP contribution in [0.4, 0.5) is 0 Å². The molecule has 0 unspecified atom stereocenters. The molecule has 0 bridgehead atoms. The lowest BCUT2D eigenvalue weighted by Gasteiger charge is -2.20. The average Bonchev–Trinajstić information content (AvgIpc) is 3.04. The van der Waals surface area contributed by atoms with E-state index in [0.717, 1.165) is 28.0 Å². The van der Waals surface area contributed by atoms with Crippen LogP contribution in [0.2, 0.25) is 5.02 Å². The van der Waals surface area contributed by atoms with Crippen LogP contribution in [-0.2, 0) is 24.6 Å². The van der Waals surface area contributed by atoms with Gasteiger partial charge in [-0.2, -0.15) is 5.26 Å². The number of carbonyl (C=O) groups is 1. The molecule has 1 aromatic heterocycles. The van der Waals surface area contributed by atoms with Gasteiger partial charge in [0.05, 0.1) is 17.2 Å². The molecule has 1 aliphatic heterocycles. The van der Waals surface area contributed by atoms with Crippen LogP contribution >= 0.6 is 11.6 Å². The molecule has 5 rings (SSSR count). The molecule has 1 atom stereocenters. The second-order valence-electron chi connectivity index (χ2n) is 10.1. The number of halogens is 1. The summed E-state index contributed by atoms with van der Waals surface area (Å²) in [5, 5.41) is 31.0. The Kier molecular flexibility index (Phi) is 9.82. The number of hydrogen-bond acceptors (Lipinski definition) is 9. The number of carboxylic acid groups (broad SMARTS) is 1. The minimum atomic E-state index is -1.19. The summed E-state index contributed by atoms with van der Waals surface area (Å²) in [5.74, 6) is 1.02. The van der Waals surface area contributed by atoms with Crippen LogP contribution in [-0.4, -0.2) is 47.0 Å². The number of hydrogen-bond donors (Lipinski definition) is 3. The Morgan fingerprint density at radius 1 is 1.05 bits per heavy atom. The van der Waals surface area contributed by atoms with Crippen molar-refractivity contribution in [2.75, 3.05) is 19.8 Å². The van der Waals surface area contributed by atoms with E-state index in [1.54, 1.807) is 24.4 Å². The van der Waals surface area contributed by atoms with Crippen LogP contribution < -0.4 is 24.3 Å². The molecule has 0 amide bonds. The van der Waals surface area contributed by atoms with Crippen molar-refractivity contribution < 1.29 is 34.0 Å². The third-order valence-electron chi connectivity index (χ3n) is 7.14. The molecule has 0 saturated heterocycles. The number of nitrogens with zero attached hydrogens (tertiary/aromatic N) is 2. The van der Waals surface area contributed by atoms with Gasteiger partial charge in [0.15, 0.2) is 11.5 Å². The maximum atomic E-state index is 11.4. The van der Waals surface area contributed by atoms with Crippen molar-refractivity contribution in [3.8, 4) is 40.2 Å². The fourth-order valence-corrected chi connectivity index (χ4v) is 4.97. The average molecular weight is 616 g/mol. The number of aliphatic hydroxyl groups is 1. The summed E-state index contributed by atoms with van der Waals surface area (Å²) < 4.78 is 23.7. The molecule has 3 aromatic carbocycles. The Bertz CT molecular complexity index is 1710. The van der Waals surface area contributed by atoms with Crippen LogP contribution in [0.5, 0.6) is 23.0 Å². The molecule has 0 aliphatic carbocycles. The Labute approximate surface area is 259 Å². The molecule has 11 heteroatoms. The molecular weight excluding hydrogens is 586 g/mol. The topological polar surface area (TPSA) is 143 Å². The molecule has 0 spiro atoms. The van der Waals surface area contributed by atoms with Crippen LogP contribution in [0.3, 0.4) is 0 Å². The van der Waals surface area contributed by atoms with Gasteiger partial charge in [-0.1, -0.05) is 35.9 Å². The predicted octanol–water partition coefficient (Wildman–Crippen LogP) is 5.05. The first-order valence-corrected chi connectivity index (χ1v) is 14.2. The molecule has 226 valence electrons. The number of benzene rings is 3. The van der Waals surface area contributed by atoms with Crippen molar-refractivity contribution in [2.24, 2.45) is 0 Å². The van der Waals surface area contributed by atoms with Gasteiger partial charge in [0, 0.05) is 36.1 Å². The highest BCUT2D eigenvalue weighted by molar-refractivity contribution is 6.32. The second-order valence-corrected chi connectivity index (χ2v) is 10.5. The highest BCUT2D eigenvalue weighted by Gasteiger charge is 2.19. The number of rotatable bonds is 12. The van der Waals surface area contributed by atoms with E-state index in [0.29, 0.717) is 52.2 Å². The maximum absolute atomic E-state index is 11.4. The highest BCUT2D eigenvalue weighted by atomic mass is 35.5. The van der Waals surface area contributed by atoms with Crippen molar-refractivity contribution in [2.45, 2.75) is 32.7 Å². The number of fused-ring (bicyclic) bond motifs is 1. The van der Waals surface area contributed by atoms with E-state index in [4.69, 9.17) is 30.5 Å². The number of aromatic nitrogens is 1. The zero-order valence-corrected chi connectivity index (χ0v) is 24.6. The van der Waals surface area contributed by atoms with Gasteiger partial charge in [-0.15, -0.1) is 0 Å². The van der Waals surface area contributed by atoms with Gasteiger partial charge < -0.3 is 29.2 Å². The Morgan fingerprint density at radius 2 is 1.84 bits per heavy atom. The molecule has 1 aliphatic rings. The molecule has 0 radical (unpaired) electrons. The number of nitriles is 1. The number of pyridine rings is 1. The monoisotopic (exact) mass is 615 g/mol. The molecule has 4 aromatic rings. The predicted molar refractivity (Wildman–Crippen MR) is 162 cm³/mol. The molecule has 3 N–H and O–H groups in total. The van der Waals surface area contributed by atoms with Crippen LogP contribution in [0.25, 0.3) is 11.1 Å². The first-order chi connectivity index (χ1) is 21.4. The summed E-state index contributed by atoms with van der Waals surface area (Å²) in [6.45, 7) is 2.85. The lowest BCUT2D eigenvalue weighted by atomic mass is 9.96. The van der Waals surface area contributed by atoms with E-state index in [1.165, 1.54) is 6.20 Å². The van der Waals surface area contributed by atoms with Gasteiger partial charge in [0.25, 0.3) is 0 Å². The smallest absolute Gasteiger partial charge is 0.323 e. The van der Waals surface area contributed by atoms with E-state index in [-0.39, 0.29) is 19.8 Å². The minimum absolute atomic E-state index is 0.0556. The molecule has 0 saturated carbocycles. The van der Waals surface area contributed by atoms with Gasteiger partial charge in [-0.3, -0.25) is 15.1 Å². The summed E-state index contributed by atoms with van der Waals surface area (Å²) in [5.41, 5.74) is 5.64. The van der Waals surface area contributed by atoms with Crippen molar-refractivity contribution in [3.63, 3.8) is 0 Å². The lowest BCUT2D eigenvalue weighted by molar-refractivity contribution is -0.140. The van der Waals surface area contributed by atoms with E-state index in [9.17, 15) is 20.3 Å². The molecule has 0 fully saturated rings. The Balaban J connectivity index is 1.37. The van der Waals surface area contributed by atoms with Gasteiger partial charge in [0.1, 0.15) is 50.0 Å². The van der Waals surface area contributed by atoms with Crippen LogP contribution in [0.1, 0.15) is 27.8 Å². The molecular formula is C33H30ClN3O7. The van der Waals surface area contributed by atoms with Crippen molar-refractivity contribution >= 4 is 17.6 Å². The lowest BCUT2D eigenvalue weighted by Crippen LogP contribution is -2.39. The van der Waals surface area contributed by atoms with E-state index in [1.807, 2.05) is 43.3 Å². The van der Waals surface area contributed by atoms with E-state index < -0.39 is 18.6 Å². The summed E-state index contributed by atoms with van der Waals surface area (Å²) in [4.78, 5) is 15.5. The third kappa shape index (κ3) is 7.21. The number of aliphatic carboxylic acids is 1. The first-order valence-electron chi connectivity index (χ1n) is 13.8. The Morgan fingerprint density at radius 3 is 2.61 bits per heavy atom. The largest absolute Gasteiger partial charge is 0.488 e. The zero-order chi connectivity index (χ0) is 31.1. The van der Waals surface area contributed by atoms with E-state index >= 15 is 0 Å². The van der Waals surface area contributed by atoms with Gasteiger partial charge in [0.2, 0.25) is 0 Å². The zero-order valence-electron chi connectivity index (χ0n) is 23.9. The maximum Gasteiger partial charge on any atom is 0.323 e. The molecule has 2 heterocycles. The fraction of sp³-hybridized carbons (Fsp3) is 0.242. The quantitative estimate of drug-likeness (QED) is 0.198. The van der Waals surface area contributed by atoms with Crippen molar-refractivity contribution in [1.29, 1.82) is 5.26 Å². The second kappa shape index (κ2) is 14.1. The van der Waals surface area contributed by atoms with E-state index in [2.05, 4.69) is 16.4 Å². The summed E-state index contributed by atoms with van der Waals surface area (Å²) in [6, 6.07) is 17.7. The number of nitrogens with one attached hydrogen (secondary N) is 1. The molecule has 44 heavy (non-hydrogen) atoms. The van der Waals surface area contributed by atoms with Crippen molar-refractivity contribution in [3.05, 3.63) is 99.8 Å². The number of aliphatic hydroxyl groups excluding tert-OH is 1. The summed E-state index contributed by atoms with van der Waals surface area (Å²) in [7, 11) is 0. The van der Waals surface area contributed by atoms with Gasteiger partial charge >= 0.3 is 5.97 Å². The number of carboxylic acids is 1. The third-order valence-corrected chi connectivity index (χ3v) is 7.43. The standard InChI is InChI=1S/C33H30ClN3O7/c1-20-24(3-2-4-26(20)23-5-6-29-32(11-23)42-8-7-41-29)19-44-31-12-30(43-18-22-9-21(13-35)14-36-15-22)25(10-27(31)34)16-37-28(17-38)33(39)40/h2-6,9-12,14-15,28,37-38H,7-8,16-19H2,1H3,(H,39,40)/t28-/m0/s1. The Hall–Kier alpha value is -4.82. The summed E-state index contributed by atoms with van der Waals surface area (Å²) in [6.07, 6.45) is 3.05. The summed E-state index contributed by atoms with van der Waals surface area (Å²) >= 11 is 6.62. The van der Waals surface area contributed by atoms with Crippen LogP contribution in [0.15, 0.2) is 67.0 Å². The minimum Gasteiger partial charge on any atom is -0.488 e. The van der Waals surface area contributed by atoms with Gasteiger partial charge in [-0.25, -0.2) is 0 Å². The SMILES string of the molecule is Cc1c(COc2cc(OCc3cncc(C#N)c3)c(CN[C@@H](CO)C(=O)O)cc2Cl)cccc1-c1ccc2c(c1)OCCO2. The molecule has 10 nitrogen and oxygen atoms in total. The number of ether oxygens (including phenoxy) is 4. The first kappa shape index (κ1) is 30.6. The van der Waals surface area contributed by atoms with Crippen LogP contribution in [0, 0.1) is 18.3 Å². The fourth-order valence-electron chi connectivity index (χ4n) is 4.73. The highest BCUT2D eigenvalue weighted by Crippen LogP contribution is 2.37. The van der Waals surface area contributed by atoms with Crippen molar-refractivity contribution in [1.82, 2.24) is 10.3 Å². The normalized spacial score (nSPS) is 12.7.